The van der Waals surface area contributed by atoms with Gasteiger partial charge in [-0.1, -0.05) is 22.4 Å². The lowest BCUT2D eigenvalue weighted by molar-refractivity contribution is 0.370. The Labute approximate surface area is 112 Å². The number of hydrogen-bond donors (Lipinski definition) is 1. The van der Waals surface area contributed by atoms with Gasteiger partial charge in [0.15, 0.2) is 0 Å². The minimum absolute atomic E-state index is 0.440. The molecule has 2 rings (SSSR count). The van der Waals surface area contributed by atoms with Crippen LogP contribution in [0.1, 0.15) is 42.0 Å². The van der Waals surface area contributed by atoms with Gasteiger partial charge in [0.1, 0.15) is 5.75 Å². The fourth-order valence-corrected chi connectivity index (χ4v) is 3.22. The molecule has 1 saturated heterocycles. The van der Waals surface area contributed by atoms with E-state index in [2.05, 4.69) is 41.2 Å². The van der Waals surface area contributed by atoms with Gasteiger partial charge in [-0.2, -0.15) is 0 Å². The average Bonchev–Trinajstić information content (AvgIpc) is 2.34. The molecule has 1 aromatic carbocycles. The molecule has 94 valence electrons. The molecule has 0 aromatic heterocycles. The first-order chi connectivity index (χ1) is 8.15. The molecule has 0 spiro atoms. The lowest BCUT2D eigenvalue weighted by Gasteiger charge is -2.28. The number of hydrogen-bond acceptors (Lipinski definition) is 2. The summed E-state index contributed by atoms with van der Waals surface area (Å²) in [5, 5.41) is 3.60. The summed E-state index contributed by atoms with van der Waals surface area (Å²) in [5.74, 6) is 1.05. The first-order valence-electron chi connectivity index (χ1n) is 6.22. The molecule has 1 N–H and O–H groups in total. The fourth-order valence-electron chi connectivity index (χ4n) is 2.66. The minimum atomic E-state index is 0.440. The van der Waals surface area contributed by atoms with E-state index in [1.807, 2.05) is 0 Å². The first kappa shape index (κ1) is 12.9. The molecular formula is C14H20BrNO. The number of piperidine rings is 1. The highest BCUT2D eigenvalue weighted by Crippen LogP contribution is 2.38. The van der Waals surface area contributed by atoms with Gasteiger partial charge >= 0.3 is 0 Å². The molecule has 1 aromatic rings. The summed E-state index contributed by atoms with van der Waals surface area (Å²) < 4.78 is 6.78. The summed E-state index contributed by atoms with van der Waals surface area (Å²) >= 11 is 3.64. The van der Waals surface area contributed by atoms with Crippen LogP contribution in [0.2, 0.25) is 0 Å². The van der Waals surface area contributed by atoms with Gasteiger partial charge in [-0.3, -0.25) is 0 Å². The maximum atomic E-state index is 5.60. The summed E-state index contributed by atoms with van der Waals surface area (Å²) in [7, 11) is 1.77. The van der Waals surface area contributed by atoms with Crippen LogP contribution >= 0.6 is 15.9 Å². The largest absolute Gasteiger partial charge is 0.496 e. The van der Waals surface area contributed by atoms with Gasteiger partial charge < -0.3 is 10.1 Å². The zero-order valence-corrected chi connectivity index (χ0v) is 12.4. The molecule has 17 heavy (non-hydrogen) atoms. The lowest BCUT2D eigenvalue weighted by atomic mass is 9.92. The summed E-state index contributed by atoms with van der Waals surface area (Å²) in [6, 6.07) is 2.58. The molecule has 2 nitrogen and oxygen atoms in total. The number of nitrogens with one attached hydrogen (secondary N) is 1. The van der Waals surface area contributed by atoms with Crippen molar-refractivity contribution in [2.75, 3.05) is 13.7 Å². The summed E-state index contributed by atoms with van der Waals surface area (Å²) in [5.41, 5.74) is 3.83. The number of methoxy groups -OCH3 is 1. The second kappa shape index (κ2) is 5.40. The summed E-state index contributed by atoms with van der Waals surface area (Å²) in [6.45, 7) is 5.38. The van der Waals surface area contributed by atoms with Crippen LogP contribution in [0, 0.1) is 13.8 Å². The number of benzene rings is 1. The van der Waals surface area contributed by atoms with Crippen LogP contribution in [-0.4, -0.2) is 13.7 Å². The Morgan fingerprint density at radius 3 is 2.71 bits per heavy atom. The SMILES string of the molecule is COc1c(C)cc(Br)c(C)c1C1CCCCN1. The minimum Gasteiger partial charge on any atom is -0.496 e. The molecule has 0 bridgehead atoms. The predicted octanol–water partition coefficient (Wildman–Crippen LogP) is 3.89. The van der Waals surface area contributed by atoms with Crippen molar-refractivity contribution < 1.29 is 4.74 Å². The van der Waals surface area contributed by atoms with Crippen LogP contribution in [0.3, 0.4) is 0 Å². The van der Waals surface area contributed by atoms with Crippen molar-refractivity contribution in [3.8, 4) is 5.75 Å². The van der Waals surface area contributed by atoms with Gasteiger partial charge in [0.2, 0.25) is 0 Å². The third kappa shape index (κ3) is 2.50. The van der Waals surface area contributed by atoms with Crippen LogP contribution < -0.4 is 10.1 Å². The Morgan fingerprint density at radius 1 is 1.35 bits per heavy atom. The molecular weight excluding hydrogens is 278 g/mol. The van der Waals surface area contributed by atoms with Crippen LogP contribution in [0.4, 0.5) is 0 Å². The summed E-state index contributed by atoms with van der Waals surface area (Å²) in [4.78, 5) is 0. The second-order valence-electron chi connectivity index (χ2n) is 4.75. The predicted molar refractivity (Wildman–Crippen MR) is 74.8 cm³/mol. The van der Waals surface area contributed by atoms with E-state index in [1.54, 1.807) is 7.11 Å². The third-order valence-corrected chi connectivity index (χ3v) is 4.39. The lowest BCUT2D eigenvalue weighted by Crippen LogP contribution is -2.28. The van der Waals surface area contributed by atoms with Crippen molar-refractivity contribution in [2.24, 2.45) is 0 Å². The Bertz CT molecular complexity index is 411. The Kier molecular flexibility index (Phi) is 4.10. The third-order valence-electron chi connectivity index (χ3n) is 3.57. The van der Waals surface area contributed by atoms with Gasteiger partial charge in [0, 0.05) is 16.1 Å². The normalized spacial score (nSPS) is 20.4. The molecule has 1 fully saturated rings. The summed E-state index contributed by atoms with van der Waals surface area (Å²) in [6.07, 6.45) is 3.78. The van der Waals surface area contributed by atoms with E-state index in [0.29, 0.717) is 6.04 Å². The van der Waals surface area contributed by atoms with E-state index in [1.165, 1.54) is 40.4 Å². The smallest absolute Gasteiger partial charge is 0.126 e. The van der Waals surface area contributed by atoms with Crippen molar-refractivity contribution in [1.29, 1.82) is 0 Å². The number of halogens is 1. The van der Waals surface area contributed by atoms with Crippen molar-refractivity contribution in [1.82, 2.24) is 5.32 Å². The molecule has 0 aliphatic carbocycles. The molecule has 1 unspecified atom stereocenters. The second-order valence-corrected chi connectivity index (χ2v) is 5.60. The number of ether oxygens (including phenoxy) is 1. The molecule has 0 saturated carbocycles. The molecule has 1 atom stereocenters. The van der Waals surface area contributed by atoms with E-state index in [0.717, 1.165) is 12.3 Å². The van der Waals surface area contributed by atoms with E-state index in [4.69, 9.17) is 4.74 Å². The highest BCUT2D eigenvalue weighted by Gasteiger charge is 2.23. The highest BCUT2D eigenvalue weighted by molar-refractivity contribution is 9.10. The Balaban J connectivity index is 2.48. The average molecular weight is 298 g/mol. The van der Waals surface area contributed by atoms with Gasteiger partial charge in [0.25, 0.3) is 0 Å². The van der Waals surface area contributed by atoms with E-state index in [-0.39, 0.29) is 0 Å². The number of rotatable bonds is 2. The van der Waals surface area contributed by atoms with Crippen LogP contribution in [0.15, 0.2) is 10.5 Å². The molecule has 1 heterocycles. The molecule has 0 amide bonds. The standard InChI is InChI=1S/C14H20BrNO/c1-9-8-11(15)10(2)13(14(9)17-3)12-6-4-5-7-16-12/h8,12,16H,4-7H2,1-3H3. The van der Waals surface area contributed by atoms with Gasteiger partial charge in [-0.05, 0) is 50.4 Å². The van der Waals surface area contributed by atoms with E-state index in [9.17, 15) is 0 Å². The van der Waals surface area contributed by atoms with Crippen molar-refractivity contribution >= 4 is 15.9 Å². The van der Waals surface area contributed by atoms with E-state index < -0.39 is 0 Å². The quantitative estimate of drug-likeness (QED) is 0.894. The topological polar surface area (TPSA) is 21.3 Å². The highest BCUT2D eigenvalue weighted by atomic mass is 79.9. The first-order valence-corrected chi connectivity index (χ1v) is 7.01. The molecule has 3 heteroatoms. The van der Waals surface area contributed by atoms with Crippen LogP contribution in [-0.2, 0) is 0 Å². The monoisotopic (exact) mass is 297 g/mol. The van der Waals surface area contributed by atoms with Crippen molar-refractivity contribution in [2.45, 2.75) is 39.2 Å². The zero-order chi connectivity index (χ0) is 12.4. The number of aryl methyl sites for hydroxylation is 1. The van der Waals surface area contributed by atoms with Gasteiger partial charge in [-0.25, -0.2) is 0 Å². The fraction of sp³-hybridized carbons (Fsp3) is 0.571. The maximum Gasteiger partial charge on any atom is 0.126 e. The van der Waals surface area contributed by atoms with Crippen LogP contribution in [0.25, 0.3) is 0 Å². The van der Waals surface area contributed by atoms with E-state index >= 15 is 0 Å². The van der Waals surface area contributed by atoms with Crippen molar-refractivity contribution in [3.63, 3.8) is 0 Å². The Morgan fingerprint density at radius 2 is 2.12 bits per heavy atom. The molecule has 1 aliphatic rings. The van der Waals surface area contributed by atoms with Crippen molar-refractivity contribution in [3.05, 3.63) is 27.2 Å². The van der Waals surface area contributed by atoms with Gasteiger partial charge in [-0.15, -0.1) is 0 Å². The maximum absolute atomic E-state index is 5.60. The molecule has 0 radical (unpaired) electrons. The molecule has 1 aliphatic heterocycles. The zero-order valence-electron chi connectivity index (χ0n) is 10.8. The van der Waals surface area contributed by atoms with Crippen LogP contribution in [0.5, 0.6) is 5.75 Å². The Hall–Kier alpha value is -0.540. The van der Waals surface area contributed by atoms with Gasteiger partial charge in [0.05, 0.1) is 7.11 Å².